The lowest BCUT2D eigenvalue weighted by molar-refractivity contribution is 0.673. The molecule has 2 aliphatic rings. The predicted molar refractivity (Wildman–Crippen MR) is 267 cm³/mol. The van der Waals surface area contributed by atoms with Gasteiger partial charge in [-0.2, -0.15) is 0 Å². The first kappa shape index (κ1) is 35.0. The Morgan fingerprint density at radius 3 is 1.83 bits per heavy atom. The van der Waals surface area contributed by atoms with Crippen LogP contribution in [-0.4, -0.2) is 30.8 Å². The topological polar surface area (TPSA) is 61.7 Å². The van der Waals surface area contributed by atoms with E-state index in [1.165, 1.54) is 82.5 Å². The van der Waals surface area contributed by atoms with Crippen LogP contribution in [0.4, 0.5) is 0 Å². The molecule has 2 aliphatic heterocycles. The van der Waals surface area contributed by atoms with Crippen molar-refractivity contribution in [2.24, 2.45) is 0 Å². The monoisotopic (exact) mass is 827 g/mol. The number of fused-ring (bicyclic) bond motifs is 14. The molecule has 0 saturated heterocycles. The molecule has 15 rings (SSSR count). The maximum Gasteiger partial charge on any atom is 0.333 e. The Hall–Kier alpha value is -8.55. The summed E-state index contributed by atoms with van der Waals surface area (Å²) in [7, 11) is 0. The van der Waals surface area contributed by atoms with Gasteiger partial charge in [-0.15, -0.1) is 0 Å². The summed E-state index contributed by atoms with van der Waals surface area (Å²) in [5.74, 6) is 1.92. The lowest BCUT2D eigenvalue weighted by Crippen LogP contribution is -2.55. The van der Waals surface area contributed by atoms with Gasteiger partial charge in [0.15, 0.2) is 17.5 Å². The lowest BCUT2D eigenvalue weighted by Gasteiger charge is -2.35. The fraction of sp³-hybridized carbons (Fsp3) is 0.0172. The van der Waals surface area contributed by atoms with Crippen LogP contribution in [-0.2, 0) is 0 Å². The molecule has 0 N–H and O–H groups in total. The fourth-order valence-corrected chi connectivity index (χ4v) is 11.4. The molecule has 0 radical (unpaired) electrons. The second kappa shape index (κ2) is 12.8. The van der Waals surface area contributed by atoms with E-state index in [0.29, 0.717) is 17.5 Å². The van der Waals surface area contributed by atoms with Crippen molar-refractivity contribution in [3.05, 3.63) is 194 Å². The normalized spacial score (nSPS) is 12.7. The summed E-state index contributed by atoms with van der Waals surface area (Å²) in [6.07, 6.45) is 0. The number of hydrogen-bond acceptors (Lipinski definition) is 4. The minimum atomic E-state index is -0.0747. The van der Waals surface area contributed by atoms with Crippen LogP contribution >= 0.6 is 0 Å². The number of aromatic nitrogens is 5. The molecular weight excluding hydrogens is 793 g/mol. The first-order chi connectivity index (χ1) is 32.2. The van der Waals surface area contributed by atoms with Crippen molar-refractivity contribution in [2.45, 2.75) is 6.92 Å². The molecule has 300 valence electrons. The molecule has 4 aromatic heterocycles. The zero-order chi connectivity index (χ0) is 42.5. The number of furan rings is 1. The smallest absolute Gasteiger partial charge is 0.333 e. The van der Waals surface area contributed by atoms with Crippen molar-refractivity contribution in [1.29, 1.82) is 0 Å². The predicted octanol–water partition coefficient (Wildman–Crippen LogP) is 12.9. The largest absolute Gasteiger partial charge is 0.455 e. The number of rotatable bonds is 4. The Labute approximate surface area is 372 Å². The summed E-state index contributed by atoms with van der Waals surface area (Å²) in [5.41, 5.74) is 19.4. The standard InChI is InChI=1S/C58H34BN5O/c1-33-42(36-20-14-21-37(30-36)58-61-56(34-16-4-2-5-17-34)60-57(62-58)35-18-6-3-7-19-35)32-48-52-50(33)44-31-43-39-23-10-13-29-49(39)65-55(43)51-41-24-9-12-28-47(41)64(54(44)51)59(52)45-26-15-25-40-38-22-8-11-27-46(38)63(48)53(40)45/h2-32H,1H3. The van der Waals surface area contributed by atoms with Gasteiger partial charge in [0.2, 0.25) is 0 Å². The number of benzene rings is 9. The zero-order valence-electron chi connectivity index (χ0n) is 35.1. The van der Waals surface area contributed by atoms with Gasteiger partial charge in [-0.05, 0) is 76.5 Å². The molecule has 0 amide bonds. The van der Waals surface area contributed by atoms with Gasteiger partial charge < -0.3 is 13.5 Å². The van der Waals surface area contributed by atoms with E-state index in [9.17, 15) is 0 Å². The molecule has 0 unspecified atom stereocenters. The van der Waals surface area contributed by atoms with Gasteiger partial charge in [0, 0.05) is 65.9 Å². The van der Waals surface area contributed by atoms with Crippen LogP contribution in [0.2, 0.25) is 0 Å². The molecule has 7 heteroatoms. The molecule has 9 aromatic carbocycles. The molecule has 13 aromatic rings. The molecule has 0 atom stereocenters. The first-order valence-electron chi connectivity index (χ1n) is 22.2. The minimum Gasteiger partial charge on any atom is -0.455 e. The molecule has 6 heterocycles. The van der Waals surface area contributed by atoms with Gasteiger partial charge >= 0.3 is 6.85 Å². The molecule has 65 heavy (non-hydrogen) atoms. The van der Waals surface area contributed by atoms with Gasteiger partial charge in [0.05, 0.1) is 16.4 Å². The molecular formula is C58H34BN5O. The number of para-hydroxylation sites is 4. The average molecular weight is 828 g/mol. The highest BCUT2D eigenvalue weighted by Crippen LogP contribution is 2.50. The van der Waals surface area contributed by atoms with Crippen molar-refractivity contribution >= 4 is 83.3 Å². The Bertz CT molecular complexity index is 4140. The third-order valence-corrected chi connectivity index (χ3v) is 14.1. The van der Waals surface area contributed by atoms with Crippen molar-refractivity contribution in [1.82, 2.24) is 24.0 Å². The van der Waals surface area contributed by atoms with Crippen LogP contribution < -0.4 is 10.9 Å². The van der Waals surface area contributed by atoms with Gasteiger partial charge in [-0.1, -0.05) is 152 Å². The molecule has 6 nitrogen and oxygen atoms in total. The summed E-state index contributed by atoms with van der Waals surface area (Å²) in [4.78, 5) is 15.3. The van der Waals surface area contributed by atoms with E-state index in [1.807, 2.05) is 36.4 Å². The van der Waals surface area contributed by atoms with Crippen LogP contribution in [0.15, 0.2) is 192 Å². The molecule has 0 aliphatic carbocycles. The average Bonchev–Trinajstić information content (AvgIpc) is 4.04. The SMILES string of the molecule is Cc1c(-c2cccc(-c3nc(-c4ccccc4)nc(-c4ccccc4)n3)c2)cc2c3c1-c1cc4c5ccccc5oc4c4c5ccccc5n(c14)B3c1cccc3c4ccccc4n-2c13. The van der Waals surface area contributed by atoms with E-state index in [-0.39, 0.29) is 6.85 Å². The minimum absolute atomic E-state index is 0.0747. The highest BCUT2D eigenvalue weighted by molar-refractivity contribution is 6.90. The number of hydrogen-bond donors (Lipinski definition) is 0. The number of nitrogens with zero attached hydrogens (tertiary/aromatic N) is 5. The van der Waals surface area contributed by atoms with Crippen molar-refractivity contribution < 1.29 is 4.42 Å². The third kappa shape index (κ3) is 4.66. The summed E-state index contributed by atoms with van der Waals surface area (Å²) in [5, 5.41) is 7.14. The molecule has 0 fully saturated rings. The molecule has 0 saturated carbocycles. The van der Waals surface area contributed by atoms with Crippen molar-refractivity contribution in [3.63, 3.8) is 0 Å². The van der Waals surface area contributed by atoms with Gasteiger partial charge in [0.25, 0.3) is 0 Å². The second-order valence-corrected chi connectivity index (χ2v) is 17.5. The maximum absolute atomic E-state index is 6.88. The summed E-state index contributed by atoms with van der Waals surface area (Å²) in [6.45, 7) is 2.25. The van der Waals surface area contributed by atoms with Crippen molar-refractivity contribution in [3.8, 4) is 62.1 Å². The quantitative estimate of drug-likeness (QED) is 0.166. The lowest BCUT2D eigenvalue weighted by atomic mass is 9.45. The Balaban J connectivity index is 1.06. The summed E-state index contributed by atoms with van der Waals surface area (Å²) < 4.78 is 12.1. The van der Waals surface area contributed by atoms with E-state index >= 15 is 0 Å². The molecule has 0 bridgehead atoms. The van der Waals surface area contributed by atoms with Gasteiger partial charge in [0.1, 0.15) is 11.2 Å². The molecule has 0 spiro atoms. The Morgan fingerprint density at radius 1 is 0.462 bits per heavy atom. The Kier molecular flexibility index (Phi) is 6.87. The zero-order valence-corrected chi connectivity index (χ0v) is 35.1. The van der Waals surface area contributed by atoms with Crippen LogP contribution in [0.25, 0.3) is 128 Å². The second-order valence-electron chi connectivity index (χ2n) is 17.5. The van der Waals surface area contributed by atoms with E-state index in [0.717, 1.165) is 44.2 Å². The van der Waals surface area contributed by atoms with Crippen LogP contribution in [0.5, 0.6) is 0 Å². The van der Waals surface area contributed by atoms with Gasteiger partial charge in [-0.3, -0.25) is 0 Å². The van der Waals surface area contributed by atoms with E-state index < -0.39 is 0 Å². The summed E-state index contributed by atoms with van der Waals surface area (Å²) >= 11 is 0. The van der Waals surface area contributed by atoms with Crippen molar-refractivity contribution in [2.75, 3.05) is 0 Å². The van der Waals surface area contributed by atoms with E-state index in [4.69, 9.17) is 19.4 Å². The highest BCUT2D eigenvalue weighted by Gasteiger charge is 2.43. The van der Waals surface area contributed by atoms with Crippen LogP contribution in [0.3, 0.4) is 0 Å². The maximum atomic E-state index is 6.88. The van der Waals surface area contributed by atoms with E-state index in [2.05, 4.69) is 168 Å². The fourth-order valence-electron chi connectivity index (χ4n) is 11.4. The van der Waals surface area contributed by atoms with Crippen LogP contribution in [0, 0.1) is 6.92 Å². The van der Waals surface area contributed by atoms with Crippen LogP contribution in [0.1, 0.15) is 5.56 Å². The summed E-state index contributed by atoms with van der Waals surface area (Å²) in [6, 6.07) is 67.2. The highest BCUT2D eigenvalue weighted by atomic mass is 16.3. The van der Waals surface area contributed by atoms with Gasteiger partial charge in [-0.25, -0.2) is 15.0 Å². The Morgan fingerprint density at radius 2 is 1.06 bits per heavy atom. The van der Waals surface area contributed by atoms with E-state index in [1.54, 1.807) is 0 Å². The third-order valence-electron chi connectivity index (χ3n) is 14.1. The first-order valence-corrected chi connectivity index (χ1v) is 22.2.